The summed E-state index contributed by atoms with van der Waals surface area (Å²) in [6.07, 6.45) is 0. The lowest BCUT2D eigenvalue weighted by molar-refractivity contribution is 0.601. The molecule has 4 nitrogen and oxygen atoms in total. The first-order valence-electron chi connectivity index (χ1n) is 5.32. The van der Waals surface area contributed by atoms with E-state index in [2.05, 4.69) is 36.6 Å². The van der Waals surface area contributed by atoms with Crippen molar-refractivity contribution in [3.63, 3.8) is 0 Å². The molecule has 0 spiro atoms. The Hall–Kier alpha value is -0.760. The van der Waals surface area contributed by atoms with Gasteiger partial charge in [-0.25, -0.2) is 8.42 Å². The molecular formula is C12H9Br2ClN2O2S. The fourth-order valence-electron chi connectivity index (χ4n) is 1.50. The zero-order valence-electron chi connectivity index (χ0n) is 9.90. The molecule has 0 saturated carbocycles. The molecule has 0 amide bonds. The minimum absolute atomic E-state index is 0.0611. The second kappa shape index (κ2) is 5.93. The Kier molecular flexibility index (Phi) is 4.63. The summed E-state index contributed by atoms with van der Waals surface area (Å²) >= 11 is 12.5. The molecule has 20 heavy (non-hydrogen) atoms. The Morgan fingerprint density at radius 3 is 2.45 bits per heavy atom. The van der Waals surface area contributed by atoms with Crippen LogP contribution in [0.1, 0.15) is 0 Å². The zero-order valence-corrected chi connectivity index (χ0v) is 14.6. The van der Waals surface area contributed by atoms with Crippen molar-refractivity contribution in [1.82, 2.24) is 0 Å². The van der Waals surface area contributed by atoms with E-state index in [0.29, 0.717) is 15.8 Å². The van der Waals surface area contributed by atoms with Crippen LogP contribution in [0.4, 0.5) is 11.4 Å². The van der Waals surface area contributed by atoms with E-state index in [1.807, 2.05) is 0 Å². The second-order valence-corrected chi connectivity index (χ2v) is 7.75. The van der Waals surface area contributed by atoms with E-state index in [1.54, 1.807) is 18.2 Å². The third-order valence-corrected chi connectivity index (χ3v) is 5.42. The maximum atomic E-state index is 12.3. The van der Waals surface area contributed by atoms with Crippen LogP contribution in [0.2, 0.25) is 5.02 Å². The highest BCUT2D eigenvalue weighted by Gasteiger charge is 2.19. The minimum atomic E-state index is -3.81. The summed E-state index contributed by atoms with van der Waals surface area (Å²) in [5.41, 5.74) is 6.33. The first kappa shape index (κ1) is 15.6. The lowest BCUT2D eigenvalue weighted by Gasteiger charge is -2.11. The molecule has 0 aliphatic heterocycles. The molecule has 2 aromatic carbocycles. The van der Waals surface area contributed by atoms with Gasteiger partial charge in [0.1, 0.15) is 4.90 Å². The topological polar surface area (TPSA) is 72.2 Å². The largest absolute Gasteiger partial charge is 0.399 e. The van der Waals surface area contributed by atoms with Gasteiger partial charge < -0.3 is 5.73 Å². The van der Waals surface area contributed by atoms with E-state index in [-0.39, 0.29) is 9.92 Å². The van der Waals surface area contributed by atoms with Gasteiger partial charge in [-0.3, -0.25) is 4.72 Å². The highest BCUT2D eigenvalue weighted by Crippen LogP contribution is 2.30. The van der Waals surface area contributed by atoms with Crippen molar-refractivity contribution < 1.29 is 8.42 Å². The van der Waals surface area contributed by atoms with Crippen LogP contribution < -0.4 is 10.5 Å². The molecule has 3 N–H and O–H groups in total. The molecule has 8 heteroatoms. The minimum Gasteiger partial charge on any atom is -0.399 e. The predicted octanol–water partition coefficient (Wildman–Crippen LogP) is 4.25. The molecular weight excluding hydrogens is 431 g/mol. The fourth-order valence-corrected chi connectivity index (χ4v) is 4.39. The maximum absolute atomic E-state index is 12.3. The average molecular weight is 441 g/mol. The molecule has 0 saturated heterocycles. The maximum Gasteiger partial charge on any atom is 0.263 e. The molecule has 0 atom stereocenters. The van der Waals surface area contributed by atoms with Crippen LogP contribution in [0.5, 0.6) is 0 Å². The van der Waals surface area contributed by atoms with Crippen molar-refractivity contribution in [3.8, 4) is 0 Å². The van der Waals surface area contributed by atoms with Crippen LogP contribution in [0.15, 0.2) is 50.2 Å². The number of sulfonamides is 1. The van der Waals surface area contributed by atoms with Crippen molar-refractivity contribution in [1.29, 1.82) is 0 Å². The third kappa shape index (κ3) is 3.46. The lowest BCUT2D eigenvalue weighted by Crippen LogP contribution is -2.14. The summed E-state index contributed by atoms with van der Waals surface area (Å²) in [7, 11) is -3.81. The van der Waals surface area contributed by atoms with Crippen LogP contribution in [-0.4, -0.2) is 8.42 Å². The van der Waals surface area contributed by atoms with Gasteiger partial charge in [-0.15, -0.1) is 0 Å². The van der Waals surface area contributed by atoms with Gasteiger partial charge in [0.05, 0.1) is 10.7 Å². The predicted molar refractivity (Wildman–Crippen MR) is 88.5 cm³/mol. The van der Waals surface area contributed by atoms with Crippen molar-refractivity contribution in [2.75, 3.05) is 10.5 Å². The summed E-state index contributed by atoms with van der Waals surface area (Å²) in [6, 6.07) is 9.39. The van der Waals surface area contributed by atoms with E-state index in [0.717, 1.165) is 4.47 Å². The number of benzene rings is 2. The van der Waals surface area contributed by atoms with Crippen LogP contribution >= 0.6 is 43.5 Å². The molecule has 0 bridgehead atoms. The quantitative estimate of drug-likeness (QED) is 0.701. The summed E-state index contributed by atoms with van der Waals surface area (Å²) in [6.45, 7) is 0. The van der Waals surface area contributed by atoms with Crippen LogP contribution in [0.25, 0.3) is 0 Å². The Balaban J connectivity index is 2.43. The first-order valence-corrected chi connectivity index (χ1v) is 8.77. The number of nitrogens with two attached hydrogens (primary N) is 1. The molecule has 0 aliphatic rings. The van der Waals surface area contributed by atoms with Gasteiger partial charge in [0, 0.05) is 14.6 Å². The fraction of sp³-hybridized carbons (Fsp3) is 0. The highest BCUT2D eigenvalue weighted by atomic mass is 79.9. The van der Waals surface area contributed by atoms with Gasteiger partial charge in [-0.2, -0.15) is 0 Å². The number of hydrogen-bond acceptors (Lipinski definition) is 3. The van der Waals surface area contributed by atoms with Gasteiger partial charge in [0.15, 0.2) is 0 Å². The number of nitrogen functional groups attached to an aromatic ring is 1. The normalized spacial score (nSPS) is 11.3. The Morgan fingerprint density at radius 1 is 1.10 bits per heavy atom. The molecule has 0 radical (unpaired) electrons. The van der Waals surface area contributed by atoms with E-state index in [1.165, 1.54) is 18.2 Å². The highest BCUT2D eigenvalue weighted by molar-refractivity contribution is 9.11. The van der Waals surface area contributed by atoms with Gasteiger partial charge in [-0.1, -0.05) is 27.5 Å². The smallest absolute Gasteiger partial charge is 0.263 e. The first-order chi connectivity index (χ1) is 9.29. The van der Waals surface area contributed by atoms with E-state index in [9.17, 15) is 8.42 Å². The van der Waals surface area contributed by atoms with Crippen molar-refractivity contribution >= 4 is 64.9 Å². The van der Waals surface area contributed by atoms with E-state index in [4.69, 9.17) is 17.3 Å². The van der Waals surface area contributed by atoms with Crippen molar-refractivity contribution in [2.24, 2.45) is 0 Å². The van der Waals surface area contributed by atoms with Gasteiger partial charge >= 0.3 is 0 Å². The number of anilines is 2. The van der Waals surface area contributed by atoms with E-state index < -0.39 is 10.0 Å². The molecule has 0 fully saturated rings. The van der Waals surface area contributed by atoms with Gasteiger partial charge in [-0.05, 0) is 52.3 Å². The Labute approximate surface area is 138 Å². The molecule has 0 unspecified atom stereocenters. The van der Waals surface area contributed by atoms with Crippen LogP contribution in [-0.2, 0) is 10.0 Å². The number of rotatable bonds is 3. The molecule has 0 aliphatic carbocycles. The molecule has 0 heterocycles. The Morgan fingerprint density at radius 2 is 1.80 bits per heavy atom. The number of hydrogen-bond donors (Lipinski definition) is 2. The summed E-state index contributed by atoms with van der Waals surface area (Å²) in [5, 5.41) is 0.111. The standard InChI is InChI=1S/C12H9Br2ClN2O2S/c13-7-1-4-11(9(14)5-7)17-20(18,19)12-6-8(16)2-3-10(12)15/h1-6,17H,16H2. The molecule has 2 aromatic rings. The third-order valence-electron chi connectivity index (χ3n) is 2.42. The monoisotopic (exact) mass is 438 g/mol. The second-order valence-electron chi connectivity index (χ2n) is 3.92. The average Bonchev–Trinajstić information content (AvgIpc) is 2.35. The molecule has 106 valence electrons. The van der Waals surface area contributed by atoms with Gasteiger partial charge in [0.2, 0.25) is 0 Å². The van der Waals surface area contributed by atoms with Crippen molar-refractivity contribution in [3.05, 3.63) is 50.4 Å². The van der Waals surface area contributed by atoms with Crippen LogP contribution in [0.3, 0.4) is 0 Å². The number of nitrogens with one attached hydrogen (secondary N) is 1. The number of halogens is 3. The Bertz CT molecular complexity index is 766. The van der Waals surface area contributed by atoms with Crippen molar-refractivity contribution in [2.45, 2.75) is 4.90 Å². The van der Waals surface area contributed by atoms with E-state index >= 15 is 0 Å². The summed E-state index contributed by atoms with van der Waals surface area (Å²) in [5.74, 6) is 0. The lowest BCUT2D eigenvalue weighted by atomic mass is 10.3. The molecule has 2 rings (SSSR count). The SMILES string of the molecule is Nc1ccc(Cl)c(S(=O)(=O)Nc2ccc(Br)cc2Br)c1. The zero-order chi connectivity index (χ0) is 14.9. The summed E-state index contributed by atoms with van der Waals surface area (Å²) < 4.78 is 28.6. The van der Waals surface area contributed by atoms with Crippen LogP contribution in [0, 0.1) is 0 Å². The van der Waals surface area contributed by atoms with Gasteiger partial charge in [0.25, 0.3) is 10.0 Å². The summed E-state index contributed by atoms with van der Waals surface area (Å²) in [4.78, 5) is -0.0611. The molecule has 0 aromatic heterocycles.